The number of unbranched alkanes of at least 4 members (excludes halogenated alkanes) is 1. The van der Waals surface area contributed by atoms with E-state index in [-0.39, 0.29) is 4.90 Å². The largest absolute Gasteiger partial charge is 0.332 e. The number of anilines is 3. The number of hydrogen-bond donors (Lipinski definition) is 2. The van der Waals surface area contributed by atoms with Crippen LogP contribution in [0.15, 0.2) is 77.7 Å². The lowest BCUT2D eigenvalue weighted by molar-refractivity contribution is 0.586. The fraction of sp³-hybridized carbons (Fsp3) is 0.269. The third-order valence-electron chi connectivity index (χ3n) is 5.80. The van der Waals surface area contributed by atoms with Gasteiger partial charge in [0.1, 0.15) is 0 Å². The molecule has 1 heterocycles. The smallest absolute Gasteiger partial charge is 0.264 e. The van der Waals surface area contributed by atoms with Crippen LogP contribution >= 0.6 is 12.2 Å². The van der Waals surface area contributed by atoms with E-state index in [0.29, 0.717) is 11.7 Å². The minimum Gasteiger partial charge on any atom is -0.332 e. The van der Waals surface area contributed by atoms with E-state index in [4.69, 9.17) is 12.2 Å². The summed E-state index contributed by atoms with van der Waals surface area (Å²) in [5.41, 5.74) is 4.80. The summed E-state index contributed by atoms with van der Waals surface area (Å²) in [4.78, 5) is 0.270. The second kappa shape index (κ2) is 10.4. The summed E-state index contributed by atoms with van der Waals surface area (Å²) in [5.74, 6) is 0. The lowest BCUT2D eigenvalue weighted by Gasteiger charge is -2.30. The molecular weight excluding hydrogens is 450 g/mol. The van der Waals surface area contributed by atoms with Gasteiger partial charge in [0.05, 0.1) is 10.6 Å². The Labute approximate surface area is 201 Å². The molecule has 1 aliphatic heterocycles. The predicted octanol–water partition coefficient (Wildman–Crippen LogP) is 5.98. The Bertz CT molecular complexity index is 1210. The van der Waals surface area contributed by atoms with Gasteiger partial charge < -0.3 is 10.6 Å². The molecule has 0 aliphatic carbocycles. The highest BCUT2D eigenvalue weighted by atomic mass is 32.2. The zero-order valence-corrected chi connectivity index (χ0v) is 20.4. The number of rotatable bonds is 7. The Kier molecular flexibility index (Phi) is 7.30. The van der Waals surface area contributed by atoms with Crippen LogP contribution < -0.4 is 14.9 Å². The summed E-state index contributed by atoms with van der Waals surface area (Å²) in [6.07, 6.45) is 5.16. The van der Waals surface area contributed by atoms with E-state index in [0.717, 1.165) is 41.9 Å². The highest BCUT2D eigenvalue weighted by molar-refractivity contribution is 7.92. The van der Waals surface area contributed by atoms with Gasteiger partial charge in [-0.05, 0) is 91.5 Å². The average molecular weight is 480 g/mol. The maximum absolute atomic E-state index is 13.3. The molecule has 0 saturated carbocycles. The maximum Gasteiger partial charge on any atom is 0.264 e. The van der Waals surface area contributed by atoms with E-state index < -0.39 is 10.0 Å². The van der Waals surface area contributed by atoms with E-state index in [2.05, 4.69) is 29.7 Å². The highest BCUT2D eigenvalue weighted by Gasteiger charge is 2.28. The topological polar surface area (TPSA) is 61.4 Å². The van der Waals surface area contributed by atoms with Crippen LogP contribution in [0, 0.1) is 0 Å². The minimum absolute atomic E-state index is 0.270. The minimum atomic E-state index is -3.62. The quantitative estimate of drug-likeness (QED) is 0.408. The van der Waals surface area contributed by atoms with Gasteiger partial charge in [0.2, 0.25) is 0 Å². The monoisotopic (exact) mass is 479 g/mol. The Balaban J connectivity index is 1.40. The summed E-state index contributed by atoms with van der Waals surface area (Å²) in [6.45, 7) is 2.68. The van der Waals surface area contributed by atoms with E-state index in [1.807, 2.05) is 36.4 Å². The standard InChI is InChI=1S/C26H29N3O2S2/c1-2-3-7-20-11-13-22(14-12-20)27-26(32)28-23-15-17-24(18-16-23)33(30,31)29-19-6-9-21-8-4-5-10-25(21)29/h4-5,8,10-18H,2-3,6-7,9,19H2,1H3,(H2,27,28,32). The average Bonchev–Trinajstić information content (AvgIpc) is 2.83. The van der Waals surface area contributed by atoms with Gasteiger partial charge in [-0.2, -0.15) is 0 Å². The first kappa shape index (κ1) is 23.3. The number of fused-ring (bicyclic) bond motifs is 1. The first-order valence-electron chi connectivity index (χ1n) is 11.3. The molecule has 172 valence electrons. The molecule has 4 rings (SSSR count). The molecule has 0 radical (unpaired) electrons. The van der Waals surface area contributed by atoms with Crippen molar-refractivity contribution < 1.29 is 8.42 Å². The Morgan fingerprint density at radius 1 is 0.939 bits per heavy atom. The van der Waals surface area contributed by atoms with Crippen molar-refractivity contribution in [2.24, 2.45) is 0 Å². The lowest BCUT2D eigenvalue weighted by atomic mass is 10.0. The van der Waals surface area contributed by atoms with E-state index in [1.54, 1.807) is 24.3 Å². The molecule has 0 saturated heterocycles. The van der Waals surface area contributed by atoms with Crippen LogP contribution in [0.25, 0.3) is 0 Å². The van der Waals surface area contributed by atoms with Crippen molar-refractivity contribution in [3.8, 4) is 0 Å². The van der Waals surface area contributed by atoms with Crippen LogP contribution in [-0.2, 0) is 22.9 Å². The first-order valence-corrected chi connectivity index (χ1v) is 13.2. The molecule has 0 atom stereocenters. The SMILES string of the molecule is CCCCc1ccc(NC(=S)Nc2ccc(S(=O)(=O)N3CCCc4ccccc43)cc2)cc1. The van der Waals surface area contributed by atoms with Crippen LogP contribution in [0.5, 0.6) is 0 Å². The van der Waals surface area contributed by atoms with E-state index in [9.17, 15) is 8.42 Å². The van der Waals surface area contributed by atoms with Crippen molar-refractivity contribution in [1.82, 2.24) is 0 Å². The molecule has 5 nitrogen and oxygen atoms in total. The molecular formula is C26H29N3O2S2. The second-order valence-electron chi connectivity index (χ2n) is 8.21. The number of thiocarbonyl (C=S) groups is 1. The number of nitrogens with zero attached hydrogens (tertiary/aromatic N) is 1. The van der Waals surface area contributed by atoms with Crippen LogP contribution in [-0.4, -0.2) is 20.1 Å². The first-order chi connectivity index (χ1) is 16.0. The summed E-state index contributed by atoms with van der Waals surface area (Å²) in [6, 6.07) is 22.7. The van der Waals surface area contributed by atoms with Gasteiger partial charge in [0.25, 0.3) is 10.0 Å². The summed E-state index contributed by atoms with van der Waals surface area (Å²) >= 11 is 5.42. The van der Waals surface area contributed by atoms with Crippen molar-refractivity contribution in [2.75, 3.05) is 21.5 Å². The van der Waals surface area contributed by atoms with Gasteiger partial charge in [-0.1, -0.05) is 43.7 Å². The molecule has 0 unspecified atom stereocenters. The van der Waals surface area contributed by atoms with Crippen LogP contribution in [0.2, 0.25) is 0 Å². The fourth-order valence-electron chi connectivity index (χ4n) is 4.02. The van der Waals surface area contributed by atoms with Crippen LogP contribution in [0.1, 0.15) is 37.3 Å². The number of para-hydroxylation sites is 1. The van der Waals surface area contributed by atoms with Gasteiger partial charge in [-0.25, -0.2) is 8.42 Å². The third-order valence-corrected chi connectivity index (χ3v) is 7.83. The Morgan fingerprint density at radius 2 is 1.58 bits per heavy atom. The van der Waals surface area contributed by atoms with Gasteiger partial charge in [-0.15, -0.1) is 0 Å². The highest BCUT2D eigenvalue weighted by Crippen LogP contribution is 2.32. The molecule has 2 N–H and O–H groups in total. The number of benzene rings is 3. The van der Waals surface area contributed by atoms with Gasteiger partial charge in [0.15, 0.2) is 5.11 Å². The zero-order chi connectivity index (χ0) is 23.3. The van der Waals surface area contributed by atoms with Crippen LogP contribution in [0.3, 0.4) is 0 Å². The van der Waals surface area contributed by atoms with E-state index >= 15 is 0 Å². The summed E-state index contributed by atoms with van der Waals surface area (Å²) in [5, 5.41) is 6.76. The Morgan fingerprint density at radius 3 is 2.24 bits per heavy atom. The predicted molar refractivity (Wildman–Crippen MR) is 141 cm³/mol. The maximum atomic E-state index is 13.3. The van der Waals surface area contributed by atoms with Gasteiger partial charge in [0, 0.05) is 17.9 Å². The molecule has 0 spiro atoms. The third kappa shape index (κ3) is 5.54. The fourth-order valence-corrected chi connectivity index (χ4v) is 5.79. The molecule has 0 aromatic heterocycles. The Hall–Kier alpha value is -2.90. The normalized spacial score (nSPS) is 13.3. The molecule has 0 fully saturated rings. The number of aryl methyl sites for hydroxylation is 2. The number of hydrogen-bond acceptors (Lipinski definition) is 3. The molecule has 3 aromatic rings. The molecule has 33 heavy (non-hydrogen) atoms. The lowest BCUT2D eigenvalue weighted by Crippen LogP contribution is -2.35. The molecule has 3 aromatic carbocycles. The second-order valence-corrected chi connectivity index (χ2v) is 10.5. The molecule has 0 bridgehead atoms. The van der Waals surface area contributed by atoms with Crippen molar-refractivity contribution in [3.63, 3.8) is 0 Å². The van der Waals surface area contributed by atoms with Crippen molar-refractivity contribution in [3.05, 3.63) is 83.9 Å². The van der Waals surface area contributed by atoms with E-state index in [1.165, 1.54) is 22.7 Å². The van der Waals surface area contributed by atoms with Gasteiger partial charge in [-0.3, -0.25) is 4.31 Å². The summed E-state index contributed by atoms with van der Waals surface area (Å²) in [7, 11) is -3.62. The number of nitrogens with one attached hydrogen (secondary N) is 2. The van der Waals surface area contributed by atoms with Crippen LogP contribution in [0.4, 0.5) is 17.1 Å². The molecule has 0 amide bonds. The van der Waals surface area contributed by atoms with Crippen molar-refractivity contribution in [2.45, 2.75) is 43.9 Å². The van der Waals surface area contributed by atoms with Crippen molar-refractivity contribution >= 4 is 44.4 Å². The molecule has 1 aliphatic rings. The van der Waals surface area contributed by atoms with Crippen molar-refractivity contribution in [1.29, 1.82) is 0 Å². The number of sulfonamides is 1. The molecule has 7 heteroatoms. The summed E-state index contributed by atoms with van der Waals surface area (Å²) < 4.78 is 28.1. The van der Waals surface area contributed by atoms with Gasteiger partial charge >= 0.3 is 0 Å². The zero-order valence-electron chi connectivity index (χ0n) is 18.8.